The molecule has 5 heteroatoms. The molecule has 19 heavy (non-hydrogen) atoms. The van der Waals surface area contributed by atoms with Crippen LogP contribution in [0.5, 0.6) is 0 Å². The smallest absolute Gasteiger partial charge is 0.151 e. The predicted octanol–water partition coefficient (Wildman–Crippen LogP) is 2.94. The molecular weight excluding hydrogens is 262 g/mol. The van der Waals surface area contributed by atoms with Crippen molar-refractivity contribution >= 4 is 23.7 Å². The van der Waals surface area contributed by atoms with Gasteiger partial charge in [0.05, 0.1) is 5.03 Å². The van der Waals surface area contributed by atoms with Crippen molar-refractivity contribution < 1.29 is 4.79 Å². The van der Waals surface area contributed by atoms with Gasteiger partial charge in [-0.05, 0) is 24.1 Å². The highest BCUT2D eigenvalue weighted by Crippen LogP contribution is 2.15. The minimum absolute atomic E-state index is 0.558. The molecule has 1 rings (SSSR count). The first-order chi connectivity index (χ1) is 9.21. The van der Waals surface area contributed by atoms with Gasteiger partial charge < -0.3 is 10.6 Å². The van der Waals surface area contributed by atoms with Crippen LogP contribution in [-0.2, 0) is 0 Å². The van der Waals surface area contributed by atoms with E-state index in [9.17, 15) is 4.79 Å². The van der Waals surface area contributed by atoms with Crippen molar-refractivity contribution in [2.45, 2.75) is 13.3 Å². The summed E-state index contributed by atoms with van der Waals surface area (Å²) in [5.41, 5.74) is 1.56. The lowest BCUT2D eigenvalue weighted by Crippen LogP contribution is -2.08. The van der Waals surface area contributed by atoms with Gasteiger partial charge in [-0.15, -0.1) is 0 Å². The number of nitrogens with zero attached hydrogens (tertiary/aromatic N) is 1. The van der Waals surface area contributed by atoms with Crippen molar-refractivity contribution in [1.82, 2.24) is 10.3 Å². The second kappa shape index (κ2) is 8.32. The Hall–Kier alpha value is -1.81. The average Bonchev–Trinajstić information content (AvgIpc) is 2.44. The lowest BCUT2D eigenvalue weighted by Gasteiger charge is -2.09. The van der Waals surface area contributed by atoms with Crippen LogP contribution in [-0.4, -0.2) is 24.9 Å². The fourth-order valence-corrected chi connectivity index (χ4v) is 1.74. The number of aromatic nitrogens is 1. The number of halogens is 1. The molecule has 1 aromatic rings. The van der Waals surface area contributed by atoms with Gasteiger partial charge in [0.1, 0.15) is 5.82 Å². The van der Waals surface area contributed by atoms with Crippen LogP contribution in [0.2, 0.25) is 0 Å². The molecule has 0 bridgehead atoms. The number of allylic oxidation sites excluding steroid dienone is 1. The zero-order chi connectivity index (χ0) is 14.1. The topological polar surface area (TPSA) is 54.0 Å². The lowest BCUT2D eigenvalue weighted by molar-refractivity contribution is 0.112. The minimum atomic E-state index is 0.558. The summed E-state index contributed by atoms with van der Waals surface area (Å²) >= 11 is 6.16. The van der Waals surface area contributed by atoms with Gasteiger partial charge in [0.15, 0.2) is 6.29 Å². The molecule has 0 aliphatic rings. The van der Waals surface area contributed by atoms with E-state index in [4.69, 9.17) is 11.6 Å². The number of hydrogen-bond donors (Lipinski definition) is 2. The second-order valence-corrected chi connectivity index (χ2v) is 4.27. The van der Waals surface area contributed by atoms with Gasteiger partial charge in [0.25, 0.3) is 0 Å². The van der Waals surface area contributed by atoms with Gasteiger partial charge >= 0.3 is 0 Å². The Kier molecular flexibility index (Phi) is 6.68. The maximum atomic E-state index is 10.5. The molecule has 0 amide bonds. The van der Waals surface area contributed by atoms with Gasteiger partial charge in [0.2, 0.25) is 0 Å². The maximum absolute atomic E-state index is 10.5. The molecule has 0 radical (unpaired) electrons. The molecule has 0 unspecified atom stereocenters. The summed E-state index contributed by atoms with van der Waals surface area (Å²) in [5.74, 6) is 0.710. The summed E-state index contributed by atoms with van der Waals surface area (Å²) in [6.45, 7) is 2.64. The van der Waals surface area contributed by atoms with E-state index < -0.39 is 0 Å². The van der Waals surface area contributed by atoms with Crippen LogP contribution in [0, 0.1) is 0 Å². The second-order valence-electron chi connectivity index (χ2n) is 3.87. The third-order valence-corrected chi connectivity index (χ3v) is 2.76. The van der Waals surface area contributed by atoms with Crippen molar-refractivity contribution in [2.75, 3.05) is 18.9 Å². The fraction of sp³-hybridized carbons (Fsp3) is 0.286. The highest BCUT2D eigenvalue weighted by molar-refractivity contribution is 6.32. The summed E-state index contributed by atoms with van der Waals surface area (Å²) in [5, 5.41) is 6.74. The van der Waals surface area contributed by atoms with Gasteiger partial charge in [-0.3, -0.25) is 4.79 Å². The van der Waals surface area contributed by atoms with E-state index >= 15 is 0 Å². The predicted molar refractivity (Wildman–Crippen MR) is 79.5 cm³/mol. The molecule has 0 aliphatic heterocycles. The molecule has 0 atom stereocenters. The number of pyridine rings is 1. The Morgan fingerprint density at radius 2 is 2.26 bits per heavy atom. The molecule has 1 heterocycles. The van der Waals surface area contributed by atoms with Crippen LogP contribution in [0.1, 0.15) is 23.7 Å². The van der Waals surface area contributed by atoms with Gasteiger partial charge in [-0.1, -0.05) is 24.6 Å². The summed E-state index contributed by atoms with van der Waals surface area (Å²) in [6, 6.07) is 3.49. The Labute approximate surface area is 118 Å². The lowest BCUT2D eigenvalue weighted by atomic mass is 10.2. The molecule has 0 saturated carbocycles. The van der Waals surface area contributed by atoms with E-state index in [2.05, 4.69) is 28.6 Å². The summed E-state index contributed by atoms with van der Waals surface area (Å²) in [6.07, 6.45) is 7.01. The molecule has 2 N–H and O–H groups in total. The highest BCUT2D eigenvalue weighted by Gasteiger charge is 2.02. The third kappa shape index (κ3) is 5.14. The van der Waals surface area contributed by atoms with Crippen LogP contribution in [0.4, 0.5) is 5.82 Å². The highest BCUT2D eigenvalue weighted by atomic mass is 35.5. The first kappa shape index (κ1) is 15.2. The van der Waals surface area contributed by atoms with Crippen molar-refractivity contribution in [3.8, 4) is 0 Å². The van der Waals surface area contributed by atoms with E-state index in [1.807, 2.05) is 0 Å². The number of anilines is 1. The van der Waals surface area contributed by atoms with Crippen LogP contribution in [0.25, 0.3) is 0 Å². The van der Waals surface area contributed by atoms with Crippen LogP contribution in [0.3, 0.4) is 0 Å². The molecule has 0 aliphatic carbocycles. The van der Waals surface area contributed by atoms with E-state index in [0.29, 0.717) is 23.0 Å². The number of nitrogens with one attached hydrogen (secondary N) is 2. The maximum Gasteiger partial charge on any atom is 0.151 e. The number of hydrogen-bond acceptors (Lipinski definition) is 4. The number of rotatable bonds is 7. The van der Waals surface area contributed by atoms with Gasteiger partial charge in [0, 0.05) is 31.6 Å². The van der Waals surface area contributed by atoms with Crippen LogP contribution < -0.4 is 10.6 Å². The number of carbonyl (C=O) groups is 1. The minimum Gasteiger partial charge on any atom is -0.393 e. The Balaban J connectivity index is 2.68. The van der Waals surface area contributed by atoms with E-state index in [1.165, 1.54) is 6.20 Å². The summed E-state index contributed by atoms with van der Waals surface area (Å²) in [4.78, 5) is 14.7. The molecular formula is C14H18ClN3O. The third-order valence-electron chi connectivity index (χ3n) is 2.41. The van der Waals surface area contributed by atoms with E-state index in [1.54, 1.807) is 25.4 Å². The Morgan fingerprint density at radius 1 is 1.47 bits per heavy atom. The van der Waals surface area contributed by atoms with Crippen molar-refractivity contribution in [3.63, 3.8) is 0 Å². The number of aldehydes is 1. The van der Waals surface area contributed by atoms with Crippen molar-refractivity contribution in [2.24, 2.45) is 0 Å². The quantitative estimate of drug-likeness (QED) is 0.595. The summed E-state index contributed by atoms with van der Waals surface area (Å²) < 4.78 is 0. The largest absolute Gasteiger partial charge is 0.393 e. The fourth-order valence-electron chi connectivity index (χ4n) is 1.49. The first-order valence-electron chi connectivity index (χ1n) is 6.08. The average molecular weight is 280 g/mol. The molecule has 0 fully saturated rings. The Bertz CT molecular complexity index is 466. The van der Waals surface area contributed by atoms with Crippen molar-refractivity contribution in [3.05, 3.63) is 46.8 Å². The zero-order valence-electron chi connectivity index (χ0n) is 11.1. The zero-order valence-corrected chi connectivity index (χ0v) is 11.9. The molecule has 102 valence electrons. The van der Waals surface area contributed by atoms with Gasteiger partial charge in [-0.2, -0.15) is 0 Å². The van der Waals surface area contributed by atoms with Crippen molar-refractivity contribution in [1.29, 1.82) is 0 Å². The van der Waals surface area contributed by atoms with Crippen LogP contribution in [0.15, 0.2) is 41.2 Å². The summed E-state index contributed by atoms with van der Waals surface area (Å²) in [7, 11) is 1.80. The molecule has 0 aromatic carbocycles. The number of carbonyl (C=O) groups excluding carboxylic acids is 1. The molecule has 1 aromatic heterocycles. The van der Waals surface area contributed by atoms with Crippen LogP contribution >= 0.6 is 11.6 Å². The molecule has 0 saturated heterocycles. The molecule has 0 spiro atoms. The van der Waals surface area contributed by atoms with Gasteiger partial charge in [-0.25, -0.2) is 4.98 Å². The Morgan fingerprint density at radius 3 is 2.79 bits per heavy atom. The monoisotopic (exact) mass is 279 g/mol. The SMILES string of the molecule is CC/C=C(CNc1ccc(C=O)cn1)\C(Cl)=C/NC. The standard InChI is InChI=1S/C14H18ClN3O/c1-3-4-12(13(15)9-16-2)8-18-14-6-5-11(10-19)7-17-14/h4-7,9-10,16H,3,8H2,1-2H3,(H,17,18)/b12-4-,13-9+. The van der Waals surface area contributed by atoms with E-state index in [0.717, 1.165) is 18.3 Å². The molecule has 4 nitrogen and oxygen atoms in total. The normalized spacial score (nSPS) is 12.2. The van der Waals surface area contributed by atoms with E-state index in [-0.39, 0.29) is 0 Å². The first-order valence-corrected chi connectivity index (χ1v) is 6.46.